The molecule has 2 aromatic heterocycles. The summed E-state index contributed by atoms with van der Waals surface area (Å²) in [4.78, 5) is 24.6. The molecule has 0 spiro atoms. The van der Waals surface area contributed by atoms with Crippen molar-refractivity contribution in [3.05, 3.63) is 79.4 Å². The van der Waals surface area contributed by atoms with Crippen LogP contribution in [0.5, 0.6) is 0 Å². The van der Waals surface area contributed by atoms with Crippen LogP contribution in [0, 0.1) is 6.92 Å². The number of carbonyl (C=O) groups excluding carboxylic acids is 1. The molecule has 0 atom stereocenters. The van der Waals surface area contributed by atoms with Crippen LogP contribution in [-0.4, -0.2) is 28.0 Å². The number of nitrogens with zero attached hydrogens (tertiary/aromatic N) is 2. The molecule has 0 aliphatic rings. The number of amides is 1. The Hall–Kier alpha value is -2.09. The number of thioether (sulfide) groups is 1. The molecule has 0 aliphatic heterocycles. The number of aryl methyl sites for hydroxylation is 1. The van der Waals surface area contributed by atoms with E-state index in [4.69, 9.17) is 11.6 Å². The first-order valence-electron chi connectivity index (χ1n) is 8.28. The standard InChI is InChI=1S/C19H18ClN3O2S2/c1-13-10-17(24)18(22-23(13)16-4-2-15(20)3-5-16)19(25)21-7-9-27-12-14-6-8-26-11-14/h2-6,8,10-11H,7,9,12H2,1H3,(H,21,25). The third kappa shape index (κ3) is 5.22. The first-order chi connectivity index (χ1) is 13.0. The van der Waals surface area contributed by atoms with E-state index < -0.39 is 5.91 Å². The van der Waals surface area contributed by atoms with Crippen LogP contribution < -0.4 is 10.7 Å². The number of thiophene rings is 1. The Morgan fingerprint density at radius 1 is 1.30 bits per heavy atom. The minimum absolute atomic E-state index is 0.113. The summed E-state index contributed by atoms with van der Waals surface area (Å²) in [7, 11) is 0. The predicted octanol–water partition coefficient (Wildman–Crippen LogP) is 3.92. The fraction of sp³-hybridized carbons (Fsp3) is 0.211. The number of benzene rings is 1. The molecule has 0 aliphatic carbocycles. The summed E-state index contributed by atoms with van der Waals surface area (Å²) in [6, 6.07) is 10.6. The van der Waals surface area contributed by atoms with E-state index in [0.29, 0.717) is 17.3 Å². The summed E-state index contributed by atoms with van der Waals surface area (Å²) < 4.78 is 1.57. The van der Waals surface area contributed by atoms with E-state index in [2.05, 4.69) is 21.9 Å². The second kappa shape index (κ2) is 9.21. The maximum atomic E-state index is 12.4. The van der Waals surface area contributed by atoms with Crippen molar-refractivity contribution in [2.75, 3.05) is 12.3 Å². The smallest absolute Gasteiger partial charge is 0.275 e. The highest BCUT2D eigenvalue weighted by Crippen LogP contribution is 2.15. The molecule has 1 amide bonds. The Morgan fingerprint density at radius 3 is 2.78 bits per heavy atom. The van der Waals surface area contributed by atoms with Crippen LogP contribution in [0.3, 0.4) is 0 Å². The van der Waals surface area contributed by atoms with Gasteiger partial charge < -0.3 is 5.32 Å². The van der Waals surface area contributed by atoms with Crippen molar-refractivity contribution in [1.29, 1.82) is 0 Å². The quantitative estimate of drug-likeness (QED) is 0.589. The van der Waals surface area contributed by atoms with Crippen molar-refractivity contribution >= 4 is 40.6 Å². The minimum atomic E-state index is -0.459. The molecular formula is C19H18ClN3O2S2. The molecule has 27 heavy (non-hydrogen) atoms. The zero-order valence-corrected chi connectivity index (χ0v) is 17.0. The van der Waals surface area contributed by atoms with Gasteiger partial charge in [-0.2, -0.15) is 28.2 Å². The molecule has 0 radical (unpaired) electrons. The summed E-state index contributed by atoms with van der Waals surface area (Å²) in [6.45, 7) is 2.25. The van der Waals surface area contributed by atoms with Gasteiger partial charge in [-0.25, -0.2) is 4.68 Å². The largest absolute Gasteiger partial charge is 0.350 e. The van der Waals surface area contributed by atoms with Gasteiger partial charge in [0, 0.05) is 34.8 Å². The molecule has 0 saturated heterocycles. The Kier molecular flexibility index (Phi) is 6.71. The lowest BCUT2D eigenvalue weighted by Gasteiger charge is -2.11. The van der Waals surface area contributed by atoms with Crippen molar-refractivity contribution < 1.29 is 4.79 Å². The SMILES string of the molecule is Cc1cc(=O)c(C(=O)NCCSCc2ccsc2)nn1-c1ccc(Cl)cc1. The lowest BCUT2D eigenvalue weighted by atomic mass is 10.2. The number of aromatic nitrogens is 2. The van der Waals surface area contributed by atoms with Gasteiger partial charge in [-0.05, 0) is 53.6 Å². The Bertz CT molecular complexity index is 970. The van der Waals surface area contributed by atoms with Crippen molar-refractivity contribution in [2.45, 2.75) is 12.7 Å². The van der Waals surface area contributed by atoms with Gasteiger partial charge in [-0.1, -0.05) is 11.6 Å². The van der Waals surface area contributed by atoms with Crippen LogP contribution in [0.25, 0.3) is 5.69 Å². The van der Waals surface area contributed by atoms with Gasteiger partial charge in [0.15, 0.2) is 5.69 Å². The lowest BCUT2D eigenvalue weighted by Crippen LogP contribution is -2.33. The molecule has 2 heterocycles. The number of hydrogen-bond donors (Lipinski definition) is 1. The number of hydrogen-bond acceptors (Lipinski definition) is 5. The number of nitrogens with one attached hydrogen (secondary N) is 1. The molecule has 3 aromatic rings. The average Bonchev–Trinajstić information content (AvgIpc) is 3.16. The van der Waals surface area contributed by atoms with Gasteiger partial charge in [0.1, 0.15) is 0 Å². The van der Waals surface area contributed by atoms with E-state index >= 15 is 0 Å². The third-order valence-corrected chi connectivity index (χ3v) is 5.79. The molecule has 3 rings (SSSR count). The van der Waals surface area contributed by atoms with E-state index in [1.165, 1.54) is 11.6 Å². The molecule has 5 nitrogen and oxygen atoms in total. The average molecular weight is 420 g/mol. The van der Waals surface area contributed by atoms with E-state index in [0.717, 1.165) is 17.2 Å². The van der Waals surface area contributed by atoms with Gasteiger partial charge in [0.05, 0.1) is 5.69 Å². The maximum Gasteiger partial charge on any atom is 0.275 e. The molecule has 1 aromatic carbocycles. The summed E-state index contributed by atoms with van der Waals surface area (Å²) in [5, 5.41) is 11.8. The number of carbonyl (C=O) groups is 1. The maximum absolute atomic E-state index is 12.4. The van der Waals surface area contributed by atoms with Gasteiger partial charge in [0.25, 0.3) is 5.91 Å². The second-order valence-corrected chi connectivity index (χ2v) is 8.15. The van der Waals surface area contributed by atoms with Crippen LogP contribution in [-0.2, 0) is 5.75 Å². The van der Waals surface area contributed by atoms with Gasteiger partial charge in [-0.3, -0.25) is 9.59 Å². The summed E-state index contributed by atoms with van der Waals surface area (Å²) in [5.74, 6) is 1.21. The number of halogens is 1. The van der Waals surface area contributed by atoms with Crippen LogP contribution in [0.2, 0.25) is 5.02 Å². The zero-order chi connectivity index (χ0) is 19.2. The zero-order valence-electron chi connectivity index (χ0n) is 14.6. The normalized spacial score (nSPS) is 10.7. The van der Waals surface area contributed by atoms with Gasteiger partial charge in [-0.15, -0.1) is 0 Å². The van der Waals surface area contributed by atoms with E-state index in [1.807, 2.05) is 5.38 Å². The highest BCUT2D eigenvalue weighted by molar-refractivity contribution is 7.98. The molecule has 8 heteroatoms. The summed E-state index contributed by atoms with van der Waals surface area (Å²) in [6.07, 6.45) is 0. The van der Waals surface area contributed by atoms with Crippen molar-refractivity contribution in [3.63, 3.8) is 0 Å². The highest BCUT2D eigenvalue weighted by Gasteiger charge is 2.15. The van der Waals surface area contributed by atoms with E-state index in [1.54, 1.807) is 59.0 Å². The molecule has 1 N–H and O–H groups in total. The van der Waals surface area contributed by atoms with Crippen LogP contribution >= 0.6 is 34.7 Å². The second-order valence-electron chi connectivity index (χ2n) is 5.83. The molecule has 0 unspecified atom stereocenters. The number of rotatable bonds is 7. The van der Waals surface area contributed by atoms with Crippen LogP contribution in [0.1, 0.15) is 21.7 Å². The van der Waals surface area contributed by atoms with Crippen LogP contribution in [0.15, 0.2) is 52.0 Å². The fourth-order valence-electron chi connectivity index (χ4n) is 2.43. The Morgan fingerprint density at radius 2 is 2.07 bits per heavy atom. The van der Waals surface area contributed by atoms with E-state index in [-0.39, 0.29) is 11.1 Å². The first-order valence-corrected chi connectivity index (χ1v) is 10.8. The fourth-order valence-corrected chi connectivity index (χ4v) is 4.14. The summed E-state index contributed by atoms with van der Waals surface area (Å²) >= 11 is 9.32. The Balaban J connectivity index is 1.64. The van der Waals surface area contributed by atoms with Crippen molar-refractivity contribution in [2.24, 2.45) is 0 Å². The lowest BCUT2D eigenvalue weighted by molar-refractivity contribution is 0.0948. The van der Waals surface area contributed by atoms with Gasteiger partial charge in [0.2, 0.25) is 5.43 Å². The van der Waals surface area contributed by atoms with Crippen molar-refractivity contribution in [1.82, 2.24) is 15.1 Å². The highest BCUT2D eigenvalue weighted by atomic mass is 35.5. The van der Waals surface area contributed by atoms with Crippen molar-refractivity contribution in [3.8, 4) is 5.69 Å². The molecule has 140 valence electrons. The van der Waals surface area contributed by atoms with Gasteiger partial charge >= 0.3 is 0 Å². The molecule has 0 fully saturated rings. The van der Waals surface area contributed by atoms with E-state index in [9.17, 15) is 9.59 Å². The van der Waals surface area contributed by atoms with Crippen LogP contribution in [0.4, 0.5) is 0 Å². The first kappa shape index (κ1) is 19.7. The predicted molar refractivity (Wildman–Crippen MR) is 112 cm³/mol. The summed E-state index contributed by atoms with van der Waals surface area (Å²) in [5.41, 5.74) is 2.16. The topological polar surface area (TPSA) is 64.0 Å². The minimum Gasteiger partial charge on any atom is -0.350 e. The molecule has 0 bridgehead atoms. The third-order valence-electron chi connectivity index (χ3n) is 3.77. The molecule has 0 saturated carbocycles. The monoisotopic (exact) mass is 419 g/mol. The molecular weight excluding hydrogens is 402 g/mol. The Labute approximate surface area is 170 Å².